The largest absolute Gasteiger partial charge is 1.00 e. The molecule has 0 aromatic heterocycles. The van der Waals surface area contributed by atoms with Gasteiger partial charge in [-0.05, 0) is 23.6 Å². The average Bonchev–Trinajstić information content (AvgIpc) is 1.99. The molecule has 1 aromatic rings. The average molecular weight is 291 g/mol. The van der Waals surface area contributed by atoms with Gasteiger partial charge in [-0.1, -0.05) is 37.0 Å². The number of hydrogen-bond donors (Lipinski definition) is 0. The second-order valence-corrected chi connectivity index (χ2v) is 5.60. The van der Waals surface area contributed by atoms with Gasteiger partial charge in [-0.2, -0.15) is 0 Å². The van der Waals surface area contributed by atoms with Crippen LogP contribution in [-0.4, -0.2) is 13.0 Å². The monoisotopic (exact) mass is 290 g/mol. The predicted octanol–water partition coefficient (Wildman–Crippen LogP) is 0.0249. The van der Waals surface area contributed by atoms with Crippen LogP contribution >= 0.6 is 23.2 Å². The molecule has 0 aliphatic rings. The maximum Gasteiger partial charge on any atom is 1.00 e. The summed E-state index contributed by atoms with van der Waals surface area (Å²) in [6.45, 7) is 3.75. The maximum absolute atomic E-state index is 10.7. The fourth-order valence-electron chi connectivity index (χ4n) is 1.26. The molecule has 0 radical (unpaired) electrons. The minimum atomic E-state index is -4.51. The Bertz CT molecular complexity index is 463. The van der Waals surface area contributed by atoms with Crippen LogP contribution in [0, 0.1) is 0 Å². The Morgan fingerprint density at radius 1 is 1.19 bits per heavy atom. The van der Waals surface area contributed by atoms with Gasteiger partial charge in [0.2, 0.25) is 0 Å². The molecule has 1 rings (SSSR count). The van der Waals surface area contributed by atoms with Crippen molar-refractivity contribution in [3.63, 3.8) is 0 Å². The van der Waals surface area contributed by atoms with E-state index in [4.69, 9.17) is 23.2 Å². The van der Waals surface area contributed by atoms with Crippen molar-refractivity contribution in [1.29, 1.82) is 0 Å². The molecule has 0 aliphatic heterocycles. The van der Waals surface area contributed by atoms with Crippen LogP contribution in [0.4, 0.5) is 0 Å². The molecule has 0 saturated heterocycles. The Hall–Kier alpha value is 0.710. The molecule has 0 spiro atoms. The zero-order valence-electron chi connectivity index (χ0n) is 9.12. The van der Waals surface area contributed by atoms with E-state index in [1.54, 1.807) is 0 Å². The van der Waals surface area contributed by atoms with Crippen LogP contribution in [0.25, 0.3) is 0 Å². The Balaban J connectivity index is 0.00000225. The summed E-state index contributed by atoms with van der Waals surface area (Å²) in [5.41, 5.74) is 0.644. The molecule has 0 bridgehead atoms. The third-order valence-electron chi connectivity index (χ3n) is 1.92. The zero-order chi connectivity index (χ0) is 11.8. The van der Waals surface area contributed by atoms with Crippen LogP contribution in [0.15, 0.2) is 17.0 Å². The number of hydrogen-bond acceptors (Lipinski definition) is 3. The van der Waals surface area contributed by atoms with Crippen molar-refractivity contribution < 1.29 is 42.5 Å². The Labute approximate surface area is 127 Å². The predicted molar refractivity (Wildman–Crippen MR) is 58.5 cm³/mol. The van der Waals surface area contributed by atoms with Crippen LogP contribution in [0.2, 0.25) is 10.0 Å². The third kappa shape index (κ3) is 3.88. The Kier molecular flexibility index (Phi) is 6.32. The molecule has 7 heteroatoms. The van der Waals surface area contributed by atoms with Crippen LogP contribution in [-0.2, 0) is 10.1 Å². The molecule has 1 aromatic carbocycles. The maximum atomic E-state index is 10.7. The quantitative estimate of drug-likeness (QED) is 0.570. The molecule has 16 heavy (non-hydrogen) atoms. The smallest absolute Gasteiger partial charge is 0.744 e. The van der Waals surface area contributed by atoms with Gasteiger partial charge < -0.3 is 4.55 Å². The molecule has 0 fully saturated rings. The summed E-state index contributed by atoms with van der Waals surface area (Å²) < 4.78 is 32.2. The topological polar surface area (TPSA) is 57.2 Å². The van der Waals surface area contributed by atoms with E-state index in [9.17, 15) is 13.0 Å². The fourth-order valence-corrected chi connectivity index (χ4v) is 2.83. The van der Waals surface area contributed by atoms with Crippen LogP contribution in [0.1, 0.15) is 25.3 Å². The summed E-state index contributed by atoms with van der Waals surface area (Å²) in [6, 6.07) is 2.26. The SMILES string of the molecule is CC(C)c1c(Cl)cc(S(=O)(=O)[O-])cc1Cl.[Na+]. The molecule has 0 unspecified atom stereocenters. The summed E-state index contributed by atoms with van der Waals surface area (Å²) in [5.74, 6) is 0.0633. The van der Waals surface area contributed by atoms with E-state index in [2.05, 4.69) is 0 Å². The van der Waals surface area contributed by atoms with Gasteiger partial charge in [-0.25, -0.2) is 8.42 Å². The van der Waals surface area contributed by atoms with E-state index in [1.807, 2.05) is 13.8 Å². The van der Waals surface area contributed by atoms with Gasteiger partial charge in [0.05, 0.1) is 4.90 Å². The van der Waals surface area contributed by atoms with Gasteiger partial charge in [0.25, 0.3) is 0 Å². The standard InChI is InChI=1S/C9H10Cl2O3S.Na/c1-5(2)9-7(10)3-6(4-8(9)11)15(12,13)14;/h3-5H,1-2H3,(H,12,13,14);/q;+1/p-1. The molecule has 0 heterocycles. The van der Waals surface area contributed by atoms with E-state index in [1.165, 1.54) is 0 Å². The van der Waals surface area contributed by atoms with Crippen molar-refractivity contribution in [2.24, 2.45) is 0 Å². The first-order chi connectivity index (χ1) is 6.73. The van der Waals surface area contributed by atoms with Gasteiger partial charge in [0.15, 0.2) is 0 Å². The molecule has 0 N–H and O–H groups in total. The zero-order valence-corrected chi connectivity index (χ0v) is 13.4. The molecule has 0 aliphatic carbocycles. The van der Waals surface area contributed by atoms with Crippen LogP contribution < -0.4 is 29.6 Å². The summed E-state index contributed by atoms with van der Waals surface area (Å²) >= 11 is 11.7. The first-order valence-corrected chi connectivity index (χ1v) is 6.34. The second-order valence-electron chi connectivity index (χ2n) is 3.41. The van der Waals surface area contributed by atoms with Crippen molar-refractivity contribution in [3.05, 3.63) is 27.7 Å². The Morgan fingerprint density at radius 3 is 1.81 bits per heavy atom. The van der Waals surface area contributed by atoms with Crippen molar-refractivity contribution in [2.45, 2.75) is 24.7 Å². The van der Waals surface area contributed by atoms with Crippen molar-refractivity contribution in [2.75, 3.05) is 0 Å². The van der Waals surface area contributed by atoms with E-state index in [0.29, 0.717) is 5.56 Å². The number of halogens is 2. The minimum absolute atomic E-state index is 0. The molecular weight excluding hydrogens is 282 g/mol. The summed E-state index contributed by atoms with van der Waals surface area (Å²) in [5, 5.41) is 0.402. The normalized spacial score (nSPS) is 11.4. The first-order valence-electron chi connectivity index (χ1n) is 4.18. The molecule has 0 amide bonds. The van der Waals surface area contributed by atoms with Gasteiger partial charge in [0, 0.05) is 10.0 Å². The molecule has 0 atom stereocenters. The van der Waals surface area contributed by atoms with Crippen LogP contribution in [0.3, 0.4) is 0 Å². The Morgan fingerprint density at radius 2 is 1.56 bits per heavy atom. The summed E-state index contributed by atoms with van der Waals surface area (Å²) in [6.07, 6.45) is 0. The molecular formula is C9H9Cl2NaO3S. The number of benzene rings is 1. The molecule has 84 valence electrons. The van der Waals surface area contributed by atoms with E-state index >= 15 is 0 Å². The number of rotatable bonds is 2. The van der Waals surface area contributed by atoms with Gasteiger partial charge in [0.1, 0.15) is 10.1 Å². The van der Waals surface area contributed by atoms with E-state index < -0.39 is 15.0 Å². The third-order valence-corrected chi connectivity index (χ3v) is 3.36. The van der Waals surface area contributed by atoms with Gasteiger partial charge >= 0.3 is 29.6 Å². The molecule has 3 nitrogen and oxygen atoms in total. The second kappa shape index (κ2) is 6.05. The van der Waals surface area contributed by atoms with E-state index in [0.717, 1.165) is 12.1 Å². The van der Waals surface area contributed by atoms with Crippen molar-refractivity contribution >= 4 is 33.3 Å². The summed E-state index contributed by atoms with van der Waals surface area (Å²) in [4.78, 5) is -0.401. The molecule has 0 saturated carbocycles. The van der Waals surface area contributed by atoms with E-state index in [-0.39, 0.29) is 45.5 Å². The van der Waals surface area contributed by atoms with Crippen molar-refractivity contribution in [3.8, 4) is 0 Å². The van der Waals surface area contributed by atoms with Crippen LogP contribution in [0.5, 0.6) is 0 Å². The van der Waals surface area contributed by atoms with Crippen molar-refractivity contribution in [1.82, 2.24) is 0 Å². The fraction of sp³-hybridized carbons (Fsp3) is 0.333. The van der Waals surface area contributed by atoms with Gasteiger partial charge in [-0.3, -0.25) is 0 Å². The minimum Gasteiger partial charge on any atom is -0.744 e. The van der Waals surface area contributed by atoms with Gasteiger partial charge in [-0.15, -0.1) is 0 Å². The summed E-state index contributed by atoms with van der Waals surface area (Å²) in [7, 11) is -4.51. The first kappa shape index (κ1) is 16.7.